The van der Waals surface area contributed by atoms with E-state index < -0.39 is 0 Å². The van der Waals surface area contributed by atoms with E-state index in [-0.39, 0.29) is 0 Å². The average molecular weight is 203 g/mol. The molecule has 0 unspecified atom stereocenters. The van der Waals surface area contributed by atoms with E-state index in [1.807, 2.05) is 6.08 Å². The van der Waals surface area contributed by atoms with Gasteiger partial charge >= 0.3 is 0 Å². The van der Waals surface area contributed by atoms with Crippen LogP contribution in [0.3, 0.4) is 0 Å². The first-order valence-electron chi connectivity index (χ1n) is 5.79. The molecule has 1 rings (SSSR count). The molecule has 1 aromatic rings. The number of benzene rings is 1. The highest BCUT2D eigenvalue weighted by Crippen LogP contribution is 2.16. The van der Waals surface area contributed by atoms with Crippen molar-refractivity contribution in [2.24, 2.45) is 0 Å². The molecule has 0 fully saturated rings. The molecule has 0 amide bonds. The van der Waals surface area contributed by atoms with Gasteiger partial charge in [0.2, 0.25) is 0 Å². The highest BCUT2D eigenvalue weighted by molar-refractivity contribution is 5.54. The van der Waals surface area contributed by atoms with Gasteiger partial charge in [0, 0.05) is 18.8 Å². The van der Waals surface area contributed by atoms with Crippen LogP contribution < -0.4 is 4.90 Å². The van der Waals surface area contributed by atoms with Gasteiger partial charge in [0.15, 0.2) is 0 Å². The molecule has 0 aromatic heterocycles. The Morgan fingerprint density at radius 1 is 1.07 bits per heavy atom. The zero-order valence-corrected chi connectivity index (χ0v) is 9.87. The number of anilines is 1. The van der Waals surface area contributed by atoms with Gasteiger partial charge in [-0.3, -0.25) is 0 Å². The largest absolute Gasteiger partial charge is 0.372 e. The minimum absolute atomic E-state index is 1.14. The van der Waals surface area contributed by atoms with Gasteiger partial charge in [-0.1, -0.05) is 38.6 Å². The summed E-state index contributed by atoms with van der Waals surface area (Å²) in [6, 6.07) is 8.62. The molecule has 0 aliphatic carbocycles. The van der Waals surface area contributed by atoms with E-state index in [1.54, 1.807) is 0 Å². The predicted molar refractivity (Wildman–Crippen MR) is 69.3 cm³/mol. The Morgan fingerprint density at radius 2 is 1.60 bits per heavy atom. The van der Waals surface area contributed by atoms with Crippen molar-refractivity contribution in [3.05, 3.63) is 36.4 Å². The number of nitrogens with zero attached hydrogens (tertiary/aromatic N) is 1. The highest BCUT2D eigenvalue weighted by atomic mass is 15.1. The first-order chi connectivity index (χ1) is 7.31. The third-order valence-electron chi connectivity index (χ3n) is 2.48. The Balaban J connectivity index is 2.76. The van der Waals surface area contributed by atoms with E-state index in [0.717, 1.165) is 13.1 Å². The summed E-state index contributed by atoms with van der Waals surface area (Å²) < 4.78 is 0. The van der Waals surface area contributed by atoms with Crippen LogP contribution in [0.1, 0.15) is 32.3 Å². The van der Waals surface area contributed by atoms with Crippen LogP contribution in [-0.4, -0.2) is 13.1 Å². The Kier molecular flexibility index (Phi) is 4.96. The van der Waals surface area contributed by atoms with Crippen LogP contribution in [0.25, 0.3) is 6.08 Å². The van der Waals surface area contributed by atoms with Crippen LogP contribution >= 0.6 is 0 Å². The lowest BCUT2D eigenvalue weighted by atomic mass is 10.2. The van der Waals surface area contributed by atoms with E-state index in [1.165, 1.54) is 24.1 Å². The Bertz CT molecular complexity index is 281. The molecule has 0 spiro atoms. The van der Waals surface area contributed by atoms with E-state index >= 15 is 0 Å². The Hall–Kier alpha value is -1.24. The lowest BCUT2D eigenvalue weighted by molar-refractivity contribution is 0.745. The molecule has 0 saturated heterocycles. The van der Waals surface area contributed by atoms with Gasteiger partial charge < -0.3 is 4.90 Å². The molecule has 0 aliphatic rings. The molecule has 1 aromatic carbocycles. The van der Waals surface area contributed by atoms with Gasteiger partial charge in [-0.2, -0.15) is 0 Å². The normalized spacial score (nSPS) is 10.0. The fourth-order valence-corrected chi connectivity index (χ4v) is 1.73. The molecule has 1 nitrogen and oxygen atoms in total. The van der Waals surface area contributed by atoms with Gasteiger partial charge in [-0.25, -0.2) is 0 Å². The first kappa shape index (κ1) is 11.8. The molecule has 0 atom stereocenters. The summed E-state index contributed by atoms with van der Waals surface area (Å²) in [7, 11) is 0. The van der Waals surface area contributed by atoms with Crippen LogP contribution in [0.2, 0.25) is 0 Å². The van der Waals surface area contributed by atoms with Crippen LogP contribution in [0, 0.1) is 0 Å². The molecule has 82 valence electrons. The zero-order valence-electron chi connectivity index (χ0n) is 9.87. The van der Waals surface area contributed by atoms with Crippen LogP contribution in [0.5, 0.6) is 0 Å². The summed E-state index contributed by atoms with van der Waals surface area (Å²) >= 11 is 0. The molecular weight excluding hydrogens is 182 g/mol. The molecule has 0 saturated carbocycles. The van der Waals surface area contributed by atoms with Gasteiger partial charge in [-0.05, 0) is 30.5 Å². The summed E-state index contributed by atoms with van der Waals surface area (Å²) in [6.07, 6.45) is 4.28. The van der Waals surface area contributed by atoms with E-state index in [9.17, 15) is 0 Å². The van der Waals surface area contributed by atoms with Crippen molar-refractivity contribution in [3.63, 3.8) is 0 Å². The topological polar surface area (TPSA) is 3.24 Å². The Morgan fingerprint density at radius 3 is 2.00 bits per heavy atom. The molecular formula is C14H21N. The Labute approximate surface area is 93.4 Å². The summed E-state index contributed by atoms with van der Waals surface area (Å²) in [5.74, 6) is 0. The van der Waals surface area contributed by atoms with Crippen molar-refractivity contribution < 1.29 is 0 Å². The van der Waals surface area contributed by atoms with Crippen LogP contribution in [0.15, 0.2) is 30.8 Å². The second kappa shape index (κ2) is 6.28. The van der Waals surface area contributed by atoms with Gasteiger partial charge in [0.1, 0.15) is 0 Å². The second-order valence-electron chi connectivity index (χ2n) is 3.78. The number of hydrogen-bond donors (Lipinski definition) is 0. The molecule has 15 heavy (non-hydrogen) atoms. The quantitative estimate of drug-likeness (QED) is 0.676. The van der Waals surface area contributed by atoms with Crippen molar-refractivity contribution in [3.8, 4) is 0 Å². The highest BCUT2D eigenvalue weighted by Gasteiger charge is 2.02. The zero-order chi connectivity index (χ0) is 11.1. The van der Waals surface area contributed by atoms with E-state index in [0.29, 0.717) is 0 Å². The van der Waals surface area contributed by atoms with Crippen molar-refractivity contribution >= 4 is 11.8 Å². The predicted octanol–water partition coefficient (Wildman–Crippen LogP) is 3.96. The van der Waals surface area contributed by atoms with Crippen LogP contribution in [-0.2, 0) is 0 Å². The fourth-order valence-electron chi connectivity index (χ4n) is 1.73. The molecule has 0 N–H and O–H groups in total. The maximum absolute atomic E-state index is 3.76. The number of hydrogen-bond acceptors (Lipinski definition) is 1. The summed E-state index contributed by atoms with van der Waals surface area (Å²) in [5, 5.41) is 0. The van der Waals surface area contributed by atoms with Crippen molar-refractivity contribution in [1.82, 2.24) is 0 Å². The molecule has 0 radical (unpaired) electrons. The summed E-state index contributed by atoms with van der Waals surface area (Å²) in [6.45, 7) is 10.5. The second-order valence-corrected chi connectivity index (χ2v) is 3.78. The fraction of sp³-hybridized carbons (Fsp3) is 0.429. The van der Waals surface area contributed by atoms with Crippen LogP contribution in [0.4, 0.5) is 5.69 Å². The molecule has 0 heterocycles. The smallest absolute Gasteiger partial charge is 0.0366 e. The summed E-state index contributed by atoms with van der Waals surface area (Å²) in [5.41, 5.74) is 2.51. The standard InChI is InChI=1S/C14H21N/c1-4-11-15(12-5-2)14-9-7-13(6-3)8-10-14/h6-10H,3-5,11-12H2,1-2H3. The van der Waals surface area contributed by atoms with Gasteiger partial charge in [0.05, 0.1) is 0 Å². The van der Waals surface area contributed by atoms with E-state index in [2.05, 4.69) is 49.6 Å². The lowest BCUT2D eigenvalue weighted by Gasteiger charge is -2.23. The minimum atomic E-state index is 1.14. The molecule has 0 aliphatic heterocycles. The maximum Gasteiger partial charge on any atom is 0.0366 e. The molecule has 1 heteroatoms. The lowest BCUT2D eigenvalue weighted by Crippen LogP contribution is -2.24. The SMILES string of the molecule is C=Cc1ccc(N(CCC)CCC)cc1. The monoisotopic (exact) mass is 203 g/mol. The third kappa shape index (κ3) is 3.43. The first-order valence-corrected chi connectivity index (χ1v) is 5.79. The van der Waals surface area contributed by atoms with Crippen molar-refractivity contribution in [1.29, 1.82) is 0 Å². The average Bonchev–Trinajstić information content (AvgIpc) is 2.29. The molecule has 0 bridgehead atoms. The maximum atomic E-state index is 3.76. The van der Waals surface area contributed by atoms with Gasteiger partial charge in [-0.15, -0.1) is 0 Å². The minimum Gasteiger partial charge on any atom is -0.372 e. The summed E-state index contributed by atoms with van der Waals surface area (Å²) in [4.78, 5) is 2.44. The van der Waals surface area contributed by atoms with Crippen molar-refractivity contribution in [2.75, 3.05) is 18.0 Å². The van der Waals surface area contributed by atoms with E-state index in [4.69, 9.17) is 0 Å². The number of rotatable bonds is 6. The third-order valence-corrected chi connectivity index (χ3v) is 2.48. The van der Waals surface area contributed by atoms with Gasteiger partial charge in [0.25, 0.3) is 0 Å². The van der Waals surface area contributed by atoms with Crippen molar-refractivity contribution in [2.45, 2.75) is 26.7 Å².